The minimum atomic E-state index is -0.481. The van der Waals surface area contributed by atoms with Crippen molar-refractivity contribution >= 4 is 17.3 Å². The van der Waals surface area contributed by atoms with Crippen molar-refractivity contribution in [1.29, 1.82) is 0 Å². The zero-order valence-corrected chi connectivity index (χ0v) is 15.9. The van der Waals surface area contributed by atoms with E-state index in [4.69, 9.17) is 0 Å². The number of likely N-dealkylation sites (tertiary alicyclic amines) is 1. The maximum atomic E-state index is 12.3. The number of rotatable bonds is 6. The first kappa shape index (κ1) is 20.0. The van der Waals surface area contributed by atoms with E-state index in [9.17, 15) is 20.0 Å². The van der Waals surface area contributed by atoms with Crippen LogP contribution in [0.1, 0.15) is 30.1 Å². The number of amides is 1. The van der Waals surface area contributed by atoms with Crippen molar-refractivity contribution in [2.45, 2.75) is 25.9 Å². The smallest absolute Gasteiger partial charge is 0.274 e. The van der Waals surface area contributed by atoms with Crippen LogP contribution in [0, 0.1) is 23.0 Å². The van der Waals surface area contributed by atoms with E-state index in [-0.39, 0.29) is 24.1 Å². The largest absolute Gasteiger partial charge is 0.388 e. The molecule has 1 heterocycles. The second kappa shape index (κ2) is 8.95. The highest BCUT2D eigenvalue weighted by Gasteiger charge is 2.27. The van der Waals surface area contributed by atoms with E-state index in [2.05, 4.69) is 5.32 Å². The first-order chi connectivity index (χ1) is 13.4. The van der Waals surface area contributed by atoms with E-state index >= 15 is 0 Å². The van der Waals surface area contributed by atoms with Gasteiger partial charge in [0.05, 0.1) is 17.6 Å². The molecule has 0 aromatic heterocycles. The Labute approximate surface area is 164 Å². The average Bonchev–Trinajstić information content (AvgIpc) is 2.70. The molecule has 7 heteroatoms. The number of nitrogens with zero attached hydrogens (tertiary/aromatic N) is 2. The van der Waals surface area contributed by atoms with Crippen LogP contribution < -0.4 is 5.32 Å². The number of piperidine rings is 1. The maximum absolute atomic E-state index is 12.3. The molecule has 1 atom stereocenters. The normalized spacial score (nSPS) is 16.5. The molecule has 0 saturated carbocycles. The van der Waals surface area contributed by atoms with Gasteiger partial charge < -0.3 is 10.4 Å². The third-order valence-electron chi connectivity index (χ3n) is 5.28. The number of carbonyl (C=O) groups is 1. The van der Waals surface area contributed by atoms with Crippen LogP contribution in [-0.2, 0) is 4.79 Å². The van der Waals surface area contributed by atoms with Crippen molar-refractivity contribution in [2.75, 3.05) is 25.0 Å². The standard InChI is InChI=1S/C21H25N3O4/c1-15-7-8-18(13-19(15)24(27)28)22-20(25)14-23-11-9-17(10-12-23)21(26)16-5-3-2-4-6-16/h2-8,13,17,21,26H,9-12,14H2,1H3,(H,22,25). The number of hydrogen-bond acceptors (Lipinski definition) is 5. The third-order valence-corrected chi connectivity index (χ3v) is 5.28. The van der Waals surface area contributed by atoms with Crippen LogP contribution in [0.2, 0.25) is 0 Å². The fourth-order valence-corrected chi connectivity index (χ4v) is 3.64. The van der Waals surface area contributed by atoms with E-state index in [0.29, 0.717) is 11.3 Å². The van der Waals surface area contributed by atoms with Crippen molar-refractivity contribution in [2.24, 2.45) is 5.92 Å². The third kappa shape index (κ3) is 4.94. The van der Waals surface area contributed by atoms with Crippen molar-refractivity contribution in [3.05, 3.63) is 69.8 Å². The summed E-state index contributed by atoms with van der Waals surface area (Å²) >= 11 is 0. The van der Waals surface area contributed by atoms with Gasteiger partial charge in [0.25, 0.3) is 5.69 Å². The van der Waals surface area contributed by atoms with Gasteiger partial charge in [-0.25, -0.2) is 0 Å². The average molecular weight is 383 g/mol. The number of carbonyl (C=O) groups excluding carboxylic acids is 1. The molecule has 2 aromatic carbocycles. The molecule has 7 nitrogen and oxygen atoms in total. The lowest BCUT2D eigenvalue weighted by Crippen LogP contribution is -2.40. The number of nitro groups is 1. The number of nitro benzene ring substituents is 1. The molecule has 2 N–H and O–H groups in total. The summed E-state index contributed by atoms with van der Waals surface area (Å²) < 4.78 is 0. The quantitative estimate of drug-likeness (QED) is 0.589. The Morgan fingerprint density at radius 1 is 1.25 bits per heavy atom. The van der Waals surface area contributed by atoms with Gasteiger partial charge in [0.1, 0.15) is 0 Å². The Morgan fingerprint density at radius 2 is 1.93 bits per heavy atom. The number of aliphatic hydroxyl groups is 1. The van der Waals surface area contributed by atoms with Crippen LogP contribution >= 0.6 is 0 Å². The van der Waals surface area contributed by atoms with E-state index in [0.717, 1.165) is 31.5 Å². The first-order valence-corrected chi connectivity index (χ1v) is 9.44. The van der Waals surface area contributed by atoms with Crippen molar-refractivity contribution in [3.63, 3.8) is 0 Å². The highest BCUT2D eigenvalue weighted by Crippen LogP contribution is 2.30. The molecule has 1 amide bonds. The summed E-state index contributed by atoms with van der Waals surface area (Å²) in [7, 11) is 0. The number of anilines is 1. The molecule has 28 heavy (non-hydrogen) atoms. The zero-order chi connectivity index (χ0) is 20.1. The van der Waals surface area contributed by atoms with Crippen LogP contribution in [0.3, 0.4) is 0 Å². The molecule has 1 saturated heterocycles. The Morgan fingerprint density at radius 3 is 2.57 bits per heavy atom. The van der Waals surface area contributed by atoms with Crippen molar-refractivity contribution in [3.8, 4) is 0 Å². The molecule has 1 aliphatic rings. The lowest BCUT2D eigenvalue weighted by molar-refractivity contribution is -0.385. The molecule has 3 rings (SSSR count). The van der Waals surface area contributed by atoms with Gasteiger partial charge in [-0.2, -0.15) is 0 Å². The summed E-state index contributed by atoms with van der Waals surface area (Å²) in [5.41, 5.74) is 1.91. The van der Waals surface area contributed by atoms with Gasteiger partial charge in [0.15, 0.2) is 0 Å². The fraction of sp³-hybridized carbons (Fsp3) is 0.381. The van der Waals surface area contributed by atoms with Crippen LogP contribution in [0.5, 0.6) is 0 Å². The number of benzene rings is 2. The summed E-state index contributed by atoms with van der Waals surface area (Å²) in [5.74, 6) is -0.0123. The van der Waals surface area contributed by atoms with E-state index in [1.807, 2.05) is 35.2 Å². The SMILES string of the molecule is Cc1ccc(NC(=O)CN2CCC(C(O)c3ccccc3)CC2)cc1[N+](=O)[O-]. The van der Waals surface area contributed by atoms with Crippen molar-refractivity contribution < 1.29 is 14.8 Å². The summed E-state index contributed by atoms with van der Waals surface area (Å²) in [4.78, 5) is 24.9. The molecular formula is C21H25N3O4. The molecule has 0 radical (unpaired) electrons. The number of hydrogen-bond donors (Lipinski definition) is 2. The zero-order valence-electron chi connectivity index (χ0n) is 15.9. The van der Waals surface area contributed by atoms with Gasteiger partial charge in [-0.15, -0.1) is 0 Å². The van der Waals surface area contributed by atoms with Crippen LogP contribution in [0.25, 0.3) is 0 Å². The van der Waals surface area contributed by atoms with Crippen LogP contribution in [0.4, 0.5) is 11.4 Å². The van der Waals surface area contributed by atoms with E-state index < -0.39 is 11.0 Å². The maximum Gasteiger partial charge on any atom is 0.274 e. The lowest BCUT2D eigenvalue weighted by Gasteiger charge is -2.34. The molecule has 0 spiro atoms. The lowest BCUT2D eigenvalue weighted by atomic mass is 9.87. The Bertz CT molecular complexity index is 833. The number of aryl methyl sites for hydroxylation is 1. The van der Waals surface area contributed by atoms with Crippen LogP contribution in [0.15, 0.2) is 48.5 Å². The molecule has 148 valence electrons. The molecule has 0 bridgehead atoms. The topological polar surface area (TPSA) is 95.7 Å². The molecule has 2 aromatic rings. The minimum absolute atomic E-state index is 0.00601. The molecule has 0 aliphatic carbocycles. The fourth-order valence-electron chi connectivity index (χ4n) is 3.64. The van der Waals surface area contributed by atoms with Gasteiger partial charge in [0, 0.05) is 17.3 Å². The first-order valence-electron chi connectivity index (χ1n) is 9.44. The Hall–Kier alpha value is -2.77. The molecule has 1 fully saturated rings. The second-order valence-electron chi connectivity index (χ2n) is 7.28. The van der Waals surface area contributed by atoms with E-state index in [1.54, 1.807) is 19.1 Å². The minimum Gasteiger partial charge on any atom is -0.388 e. The van der Waals surface area contributed by atoms with Gasteiger partial charge >= 0.3 is 0 Å². The highest BCUT2D eigenvalue weighted by molar-refractivity contribution is 5.92. The summed E-state index contributed by atoms with van der Waals surface area (Å²) in [6.07, 6.45) is 1.16. The van der Waals surface area contributed by atoms with E-state index in [1.165, 1.54) is 6.07 Å². The highest BCUT2D eigenvalue weighted by atomic mass is 16.6. The predicted molar refractivity (Wildman–Crippen MR) is 107 cm³/mol. The van der Waals surface area contributed by atoms with Crippen LogP contribution in [-0.4, -0.2) is 40.5 Å². The number of aliphatic hydroxyl groups excluding tert-OH is 1. The monoisotopic (exact) mass is 383 g/mol. The molecular weight excluding hydrogens is 358 g/mol. The number of nitrogens with one attached hydrogen (secondary N) is 1. The summed E-state index contributed by atoms with van der Waals surface area (Å²) in [6.45, 7) is 3.36. The predicted octanol–water partition coefficient (Wildman–Crippen LogP) is 3.29. The Balaban J connectivity index is 1.50. The molecule has 1 aliphatic heterocycles. The van der Waals surface area contributed by atoms with Gasteiger partial charge in [-0.1, -0.05) is 36.4 Å². The van der Waals surface area contributed by atoms with Gasteiger partial charge in [-0.05, 0) is 50.4 Å². The van der Waals surface area contributed by atoms with Gasteiger partial charge in [-0.3, -0.25) is 19.8 Å². The Kier molecular flexibility index (Phi) is 6.38. The molecule has 1 unspecified atom stereocenters. The van der Waals surface area contributed by atoms with Crippen molar-refractivity contribution in [1.82, 2.24) is 4.90 Å². The summed E-state index contributed by atoms with van der Waals surface area (Å²) in [6, 6.07) is 14.3. The second-order valence-corrected chi connectivity index (χ2v) is 7.28. The summed E-state index contributed by atoms with van der Waals surface area (Å²) in [5, 5.41) is 24.3. The van der Waals surface area contributed by atoms with Gasteiger partial charge in [0.2, 0.25) is 5.91 Å².